The van der Waals surface area contributed by atoms with E-state index in [1.807, 2.05) is 66.4 Å². The zero-order valence-electron chi connectivity index (χ0n) is 21.7. The summed E-state index contributed by atoms with van der Waals surface area (Å²) in [5.41, 5.74) is 2.56. The van der Waals surface area contributed by atoms with E-state index in [1.54, 1.807) is 25.3 Å². The summed E-state index contributed by atoms with van der Waals surface area (Å²) < 4.78 is 20.4. The number of halogens is 1. The molecule has 0 saturated carbocycles. The second-order valence-electron chi connectivity index (χ2n) is 8.96. The molecule has 2 N–H and O–H groups in total. The number of nitrogens with zero attached hydrogens (tertiary/aromatic N) is 2. The number of hydrogen-bond acceptors (Lipinski definition) is 5. The van der Waals surface area contributed by atoms with E-state index in [1.165, 1.54) is 12.1 Å². The van der Waals surface area contributed by atoms with E-state index >= 15 is 4.39 Å². The lowest BCUT2D eigenvalue weighted by molar-refractivity contribution is -0.126. The lowest BCUT2D eigenvalue weighted by Crippen LogP contribution is -2.51. The molecule has 0 radical (unpaired) electrons. The highest BCUT2D eigenvalue weighted by Gasteiger charge is 2.30. The van der Waals surface area contributed by atoms with Gasteiger partial charge in [-0.1, -0.05) is 48.5 Å². The van der Waals surface area contributed by atoms with Crippen molar-refractivity contribution in [1.29, 1.82) is 0 Å². The van der Waals surface area contributed by atoms with Crippen LogP contribution in [0.2, 0.25) is 0 Å². The maximum absolute atomic E-state index is 15.1. The maximum Gasteiger partial charge on any atom is 0.248 e. The van der Waals surface area contributed by atoms with E-state index in [-0.39, 0.29) is 17.9 Å². The minimum absolute atomic E-state index is 0.0295. The molecule has 0 bridgehead atoms. The van der Waals surface area contributed by atoms with Gasteiger partial charge >= 0.3 is 0 Å². The van der Waals surface area contributed by atoms with Crippen molar-refractivity contribution >= 4 is 29.3 Å². The Morgan fingerprint density at radius 3 is 2.39 bits per heavy atom. The Morgan fingerprint density at radius 2 is 1.71 bits per heavy atom. The number of amides is 2. The third-order valence-corrected chi connectivity index (χ3v) is 6.50. The number of carbonyl (C=O) groups is 2. The largest absolute Gasteiger partial charge is 0.496 e. The molecule has 38 heavy (non-hydrogen) atoms. The molecule has 0 spiro atoms. The van der Waals surface area contributed by atoms with E-state index < -0.39 is 5.82 Å². The number of anilines is 2. The zero-order chi connectivity index (χ0) is 26.9. The summed E-state index contributed by atoms with van der Waals surface area (Å²) >= 11 is 0. The van der Waals surface area contributed by atoms with Crippen LogP contribution in [-0.2, 0) is 9.59 Å². The van der Waals surface area contributed by atoms with E-state index in [0.29, 0.717) is 49.8 Å². The number of likely N-dealkylation sites (N-methyl/N-ethyl adjacent to an activating group) is 1. The fourth-order valence-electron chi connectivity index (χ4n) is 4.65. The quantitative estimate of drug-likeness (QED) is 0.410. The summed E-state index contributed by atoms with van der Waals surface area (Å²) in [4.78, 5) is 29.4. The summed E-state index contributed by atoms with van der Waals surface area (Å²) in [6.45, 7) is 4.85. The monoisotopic (exact) mass is 516 g/mol. The van der Waals surface area contributed by atoms with Crippen molar-refractivity contribution in [2.24, 2.45) is 0 Å². The van der Waals surface area contributed by atoms with E-state index in [2.05, 4.69) is 15.5 Å². The predicted molar refractivity (Wildman–Crippen MR) is 149 cm³/mol. The molecule has 4 rings (SSSR count). The molecule has 1 atom stereocenters. The Kier molecular flexibility index (Phi) is 9.11. The van der Waals surface area contributed by atoms with Crippen LogP contribution in [0.15, 0.2) is 78.9 Å². The highest BCUT2D eigenvalue weighted by molar-refractivity contribution is 6.02. The van der Waals surface area contributed by atoms with Gasteiger partial charge in [0.2, 0.25) is 11.8 Å². The summed E-state index contributed by atoms with van der Waals surface area (Å²) in [7, 11) is 1.57. The first kappa shape index (κ1) is 26.9. The van der Waals surface area contributed by atoms with Crippen LogP contribution in [0.4, 0.5) is 15.8 Å². The molecule has 0 aliphatic carbocycles. The third-order valence-electron chi connectivity index (χ3n) is 6.50. The van der Waals surface area contributed by atoms with E-state index in [0.717, 1.165) is 11.1 Å². The SMILES string of the molecule is CCNC(=O)C(c1ccccc1)N1CCN(c2ccc(NC(=O)C=Cc3ccccc3OC)cc2F)CC1. The van der Waals surface area contributed by atoms with E-state index in [4.69, 9.17) is 4.74 Å². The molecule has 1 saturated heterocycles. The fraction of sp³-hybridized carbons (Fsp3) is 0.267. The molecule has 2 amide bonds. The Hall–Kier alpha value is -4.17. The molecule has 1 fully saturated rings. The highest BCUT2D eigenvalue weighted by atomic mass is 19.1. The zero-order valence-corrected chi connectivity index (χ0v) is 21.7. The van der Waals surface area contributed by atoms with Gasteiger partial charge in [0.05, 0.1) is 12.8 Å². The molecule has 8 heteroatoms. The van der Waals surface area contributed by atoms with Crippen LogP contribution in [-0.4, -0.2) is 56.5 Å². The number of nitrogens with one attached hydrogen (secondary N) is 2. The number of hydrogen-bond donors (Lipinski definition) is 2. The van der Waals surface area contributed by atoms with Crippen LogP contribution in [0, 0.1) is 5.82 Å². The number of benzene rings is 3. The average molecular weight is 517 g/mol. The Morgan fingerprint density at radius 1 is 1.00 bits per heavy atom. The minimum Gasteiger partial charge on any atom is -0.496 e. The van der Waals surface area contributed by atoms with Gasteiger partial charge in [-0.2, -0.15) is 0 Å². The molecule has 1 unspecified atom stereocenters. The summed E-state index contributed by atoms with van der Waals surface area (Å²) in [6, 6.07) is 21.4. The molecule has 1 aliphatic rings. The van der Waals surface area contributed by atoms with Crippen LogP contribution in [0.5, 0.6) is 5.75 Å². The van der Waals surface area contributed by atoms with Crippen molar-refractivity contribution in [3.05, 3.63) is 95.8 Å². The van der Waals surface area contributed by atoms with Crippen molar-refractivity contribution in [2.45, 2.75) is 13.0 Å². The number of rotatable bonds is 9. The second kappa shape index (κ2) is 12.9. The lowest BCUT2D eigenvalue weighted by atomic mass is 10.0. The van der Waals surface area contributed by atoms with Gasteiger partial charge in [-0.3, -0.25) is 14.5 Å². The molecule has 1 aliphatic heterocycles. The molecule has 1 heterocycles. The van der Waals surface area contributed by atoms with Crippen molar-refractivity contribution in [1.82, 2.24) is 10.2 Å². The summed E-state index contributed by atoms with van der Waals surface area (Å²) in [6.07, 6.45) is 3.04. The first-order valence-corrected chi connectivity index (χ1v) is 12.7. The van der Waals surface area contributed by atoms with Crippen molar-refractivity contribution in [2.75, 3.05) is 50.1 Å². The average Bonchev–Trinajstić information content (AvgIpc) is 2.93. The van der Waals surface area contributed by atoms with Crippen molar-refractivity contribution in [3.63, 3.8) is 0 Å². The van der Waals surface area contributed by atoms with Crippen molar-refractivity contribution < 1.29 is 18.7 Å². The number of para-hydroxylation sites is 1. The Labute approximate surface area is 222 Å². The van der Waals surface area contributed by atoms with Gasteiger partial charge in [0.25, 0.3) is 0 Å². The number of methoxy groups -OCH3 is 1. The summed E-state index contributed by atoms with van der Waals surface area (Å²) in [5.74, 6) is -0.145. The van der Waals surface area contributed by atoms with Gasteiger partial charge in [-0.25, -0.2) is 4.39 Å². The fourth-order valence-corrected chi connectivity index (χ4v) is 4.65. The van der Waals surface area contributed by atoms with Gasteiger partial charge in [-0.05, 0) is 42.8 Å². The van der Waals surface area contributed by atoms with E-state index in [9.17, 15) is 9.59 Å². The smallest absolute Gasteiger partial charge is 0.248 e. The standard InChI is InChI=1S/C30H33FN4O3/c1-3-32-30(37)29(23-10-5-4-6-11-23)35-19-17-34(18-20-35)26-15-14-24(21-25(26)31)33-28(36)16-13-22-9-7-8-12-27(22)38-2/h4-16,21,29H,3,17-20H2,1-2H3,(H,32,37)(H,33,36). The second-order valence-corrected chi connectivity index (χ2v) is 8.96. The molecule has 3 aromatic carbocycles. The molecule has 198 valence electrons. The lowest BCUT2D eigenvalue weighted by Gasteiger charge is -2.39. The molecule has 3 aromatic rings. The van der Waals surface area contributed by atoms with Crippen LogP contribution in [0.1, 0.15) is 24.1 Å². The van der Waals surface area contributed by atoms with Gasteiger partial charge in [0, 0.05) is 50.1 Å². The predicted octanol–water partition coefficient (Wildman–Crippen LogP) is 4.49. The van der Waals surface area contributed by atoms with Gasteiger partial charge in [0.1, 0.15) is 17.6 Å². The molecule has 0 aromatic heterocycles. The number of carbonyl (C=O) groups excluding carboxylic acids is 2. The van der Waals surface area contributed by atoms with Crippen LogP contribution in [0.25, 0.3) is 6.08 Å². The summed E-state index contributed by atoms with van der Waals surface area (Å²) in [5, 5.41) is 5.65. The highest BCUT2D eigenvalue weighted by Crippen LogP contribution is 2.27. The van der Waals surface area contributed by atoms with Crippen molar-refractivity contribution in [3.8, 4) is 5.75 Å². The molecular formula is C30H33FN4O3. The Bertz CT molecular complexity index is 1270. The topological polar surface area (TPSA) is 73.9 Å². The molecule has 7 nitrogen and oxygen atoms in total. The first-order valence-electron chi connectivity index (χ1n) is 12.7. The minimum atomic E-state index is -0.409. The number of piperazine rings is 1. The van der Waals surface area contributed by atoms with Crippen LogP contribution >= 0.6 is 0 Å². The number of ether oxygens (including phenoxy) is 1. The third kappa shape index (κ3) is 6.58. The first-order chi connectivity index (χ1) is 18.5. The van der Waals surface area contributed by atoms with Gasteiger partial charge < -0.3 is 20.3 Å². The van der Waals surface area contributed by atoms with Gasteiger partial charge in [0.15, 0.2) is 0 Å². The molecular weight excluding hydrogens is 483 g/mol. The van der Waals surface area contributed by atoms with Crippen LogP contribution in [0.3, 0.4) is 0 Å². The Balaban J connectivity index is 1.38. The normalized spacial score (nSPS) is 14.8. The van der Waals surface area contributed by atoms with Crippen LogP contribution < -0.4 is 20.3 Å². The van der Waals surface area contributed by atoms with Gasteiger partial charge in [-0.15, -0.1) is 0 Å². The maximum atomic E-state index is 15.1.